The van der Waals surface area contributed by atoms with E-state index in [4.69, 9.17) is 0 Å². The van der Waals surface area contributed by atoms with Crippen LogP contribution in [0.4, 0.5) is 5.69 Å². The Balaban J connectivity index is 2.15. The van der Waals surface area contributed by atoms with Crippen molar-refractivity contribution in [2.75, 3.05) is 11.9 Å². The van der Waals surface area contributed by atoms with Crippen molar-refractivity contribution < 1.29 is 4.79 Å². The van der Waals surface area contributed by atoms with Crippen molar-refractivity contribution >= 4 is 11.5 Å². The summed E-state index contributed by atoms with van der Waals surface area (Å²) in [5, 5.41) is 3.35. The standard InChI is InChI=1S/C17H19NO/c1-3-12-18-17-10-8-16(9-11-17)15-6-4-14(5-7-15)13(2)19/h4-11,18H,3,12H2,1-2H3. The number of hydrogen-bond donors (Lipinski definition) is 1. The summed E-state index contributed by atoms with van der Waals surface area (Å²) in [4.78, 5) is 11.2. The van der Waals surface area contributed by atoms with E-state index in [2.05, 4.69) is 36.5 Å². The van der Waals surface area contributed by atoms with Gasteiger partial charge in [-0.15, -0.1) is 0 Å². The number of ketones is 1. The van der Waals surface area contributed by atoms with Gasteiger partial charge in [-0.1, -0.05) is 43.3 Å². The zero-order chi connectivity index (χ0) is 13.7. The van der Waals surface area contributed by atoms with Crippen molar-refractivity contribution in [3.8, 4) is 11.1 Å². The Morgan fingerprint density at radius 1 is 0.947 bits per heavy atom. The summed E-state index contributed by atoms with van der Waals surface area (Å²) in [7, 11) is 0. The second-order valence-corrected chi connectivity index (χ2v) is 4.64. The predicted octanol–water partition coefficient (Wildman–Crippen LogP) is 4.38. The molecule has 0 saturated carbocycles. The topological polar surface area (TPSA) is 29.1 Å². The van der Waals surface area contributed by atoms with Gasteiger partial charge in [0.2, 0.25) is 0 Å². The highest BCUT2D eigenvalue weighted by Gasteiger charge is 2.01. The summed E-state index contributed by atoms with van der Waals surface area (Å²) in [6.45, 7) is 4.73. The van der Waals surface area contributed by atoms with Crippen molar-refractivity contribution in [1.29, 1.82) is 0 Å². The number of carbonyl (C=O) groups excluding carboxylic acids is 1. The predicted molar refractivity (Wildman–Crippen MR) is 80.7 cm³/mol. The number of anilines is 1. The molecule has 0 unspecified atom stereocenters. The van der Waals surface area contributed by atoms with Crippen molar-refractivity contribution in [1.82, 2.24) is 0 Å². The van der Waals surface area contributed by atoms with Crippen LogP contribution in [0.2, 0.25) is 0 Å². The van der Waals surface area contributed by atoms with Crippen LogP contribution in [0.5, 0.6) is 0 Å². The number of benzene rings is 2. The lowest BCUT2D eigenvalue weighted by molar-refractivity contribution is 0.101. The number of hydrogen-bond acceptors (Lipinski definition) is 2. The van der Waals surface area contributed by atoms with E-state index < -0.39 is 0 Å². The maximum Gasteiger partial charge on any atom is 0.159 e. The minimum Gasteiger partial charge on any atom is -0.385 e. The third kappa shape index (κ3) is 3.44. The maximum atomic E-state index is 11.2. The molecule has 0 aliphatic rings. The average Bonchev–Trinajstić information content (AvgIpc) is 2.46. The quantitative estimate of drug-likeness (QED) is 0.801. The Morgan fingerprint density at radius 3 is 1.95 bits per heavy atom. The highest BCUT2D eigenvalue weighted by molar-refractivity contribution is 5.94. The lowest BCUT2D eigenvalue weighted by atomic mass is 10.0. The number of carbonyl (C=O) groups is 1. The zero-order valence-electron chi connectivity index (χ0n) is 11.4. The van der Waals surface area contributed by atoms with Crippen LogP contribution in [0.1, 0.15) is 30.6 Å². The maximum absolute atomic E-state index is 11.2. The fourth-order valence-corrected chi connectivity index (χ4v) is 1.95. The van der Waals surface area contributed by atoms with Crippen molar-refractivity contribution in [3.63, 3.8) is 0 Å². The minimum absolute atomic E-state index is 0.102. The molecule has 0 spiro atoms. The van der Waals surface area contributed by atoms with E-state index >= 15 is 0 Å². The van der Waals surface area contributed by atoms with Gasteiger partial charge in [-0.2, -0.15) is 0 Å². The Bertz CT molecular complexity index is 540. The van der Waals surface area contributed by atoms with Crippen molar-refractivity contribution in [2.45, 2.75) is 20.3 Å². The van der Waals surface area contributed by atoms with Crippen LogP contribution in [0.3, 0.4) is 0 Å². The minimum atomic E-state index is 0.102. The summed E-state index contributed by atoms with van der Waals surface area (Å²) in [5.41, 5.74) is 4.19. The Labute approximate surface area is 114 Å². The lowest BCUT2D eigenvalue weighted by Crippen LogP contribution is -1.98. The van der Waals surface area contributed by atoms with Gasteiger partial charge in [0, 0.05) is 17.8 Å². The van der Waals surface area contributed by atoms with Gasteiger partial charge >= 0.3 is 0 Å². The van der Waals surface area contributed by atoms with E-state index in [1.54, 1.807) is 6.92 Å². The third-order valence-corrected chi connectivity index (χ3v) is 3.09. The SMILES string of the molecule is CCCNc1ccc(-c2ccc(C(C)=O)cc2)cc1. The molecule has 0 bridgehead atoms. The van der Waals surface area contributed by atoms with Crippen LogP contribution >= 0.6 is 0 Å². The van der Waals surface area contributed by atoms with Crippen LogP contribution in [-0.4, -0.2) is 12.3 Å². The zero-order valence-corrected chi connectivity index (χ0v) is 11.4. The fourth-order valence-electron chi connectivity index (χ4n) is 1.95. The highest BCUT2D eigenvalue weighted by Crippen LogP contribution is 2.22. The molecule has 0 heterocycles. The second kappa shape index (κ2) is 6.19. The first-order valence-electron chi connectivity index (χ1n) is 6.66. The van der Waals surface area contributed by atoms with Gasteiger partial charge in [0.25, 0.3) is 0 Å². The summed E-state index contributed by atoms with van der Waals surface area (Å²) >= 11 is 0. The average molecular weight is 253 g/mol. The van der Waals surface area contributed by atoms with Crippen LogP contribution in [0.15, 0.2) is 48.5 Å². The van der Waals surface area contributed by atoms with Crippen LogP contribution < -0.4 is 5.32 Å². The molecule has 0 aromatic heterocycles. The van der Waals surface area contributed by atoms with Gasteiger partial charge in [-0.3, -0.25) is 4.79 Å². The monoisotopic (exact) mass is 253 g/mol. The fraction of sp³-hybridized carbons (Fsp3) is 0.235. The molecule has 0 saturated heterocycles. The van der Waals surface area contributed by atoms with E-state index in [0.717, 1.165) is 35.3 Å². The molecule has 1 N–H and O–H groups in total. The summed E-state index contributed by atoms with van der Waals surface area (Å²) in [5.74, 6) is 0.102. The third-order valence-electron chi connectivity index (χ3n) is 3.09. The van der Waals surface area contributed by atoms with E-state index in [-0.39, 0.29) is 5.78 Å². The molecule has 0 aliphatic heterocycles. The molecule has 0 atom stereocenters. The molecule has 0 amide bonds. The molecule has 2 aromatic rings. The number of nitrogens with one attached hydrogen (secondary N) is 1. The Hall–Kier alpha value is -2.09. The van der Waals surface area contributed by atoms with E-state index in [9.17, 15) is 4.79 Å². The molecule has 0 radical (unpaired) electrons. The van der Waals surface area contributed by atoms with Crippen LogP contribution in [-0.2, 0) is 0 Å². The highest BCUT2D eigenvalue weighted by atomic mass is 16.1. The Kier molecular flexibility index (Phi) is 4.35. The van der Waals surface area contributed by atoms with Crippen LogP contribution in [0.25, 0.3) is 11.1 Å². The first-order chi connectivity index (χ1) is 9.20. The molecule has 2 rings (SSSR count). The van der Waals surface area contributed by atoms with E-state index in [1.807, 2.05) is 24.3 Å². The van der Waals surface area contributed by atoms with Gasteiger partial charge in [-0.25, -0.2) is 0 Å². The molecular weight excluding hydrogens is 234 g/mol. The summed E-state index contributed by atoms with van der Waals surface area (Å²) in [6.07, 6.45) is 1.12. The van der Waals surface area contributed by atoms with Gasteiger partial charge in [0.1, 0.15) is 0 Å². The van der Waals surface area contributed by atoms with Crippen molar-refractivity contribution in [3.05, 3.63) is 54.1 Å². The second-order valence-electron chi connectivity index (χ2n) is 4.64. The first kappa shape index (κ1) is 13.3. The van der Waals surface area contributed by atoms with Crippen molar-refractivity contribution in [2.24, 2.45) is 0 Å². The Morgan fingerprint density at radius 2 is 1.47 bits per heavy atom. The first-order valence-corrected chi connectivity index (χ1v) is 6.66. The van der Waals surface area contributed by atoms with Gasteiger partial charge < -0.3 is 5.32 Å². The van der Waals surface area contributed by atoms with Crippen LogP contribution in [0, 0.1) is 0 Å². The normalized spacial score (nSPS) is 10.2. The molecule has 2 heteroatoms. The van der Waals surface area contributed by atoms with Gasteiger partial charge in [-0.05, 0) is 36.6 Å². The molecule has 2 nitrogen and oxygen atoms in total. The van der Waals surface area contributed by atoms with Gasteiger partial charge in [0.15, 0.2) is 5.78 Å². The molecular formula is C17H19NO. The number of rotatable bonds is 5. The molecule has 0 aliphatic carbocycles. The van der Waals surface area contributed by atoms with E-state index in [0.29, 0.717) is 0 Å². The summed E-state index contributed by atoms with van der Waals surface area (Å²) in [6, 6.07) is 16.1. The number of Topliss-reactive ketones (excluding diaryl/α,β-unsaturated/α-hetero) is 1. The van der Waals surface area contributed by atoms with E-state index in [1.165, 1.54) is 0 Å². The molecule has 0 fully saturated rings. The summed E-state index contributed by atoms with van der Waals surface area (Å²) < 4.78 is 0. The van der Waals surface area contributed by atoms with Gasteiger partial charge in [0.05, 0.1) is 0 Å². The molecule has 98 valence electrons. The lowest BCUT2D eigenvalue weighted by Gasteiger charge is -2.07. The smallest absolute Gasteiger partial charge is 0.159 e. The largest absolute Gasteiger partial charge is 0.385 e. The molecule has 19 heavy (non-hydrogen) atoms. The molecule has 2 aromatic carbocycles.